The highest BCUT2D eigenvalue weighted by molar-refractivity contribution is 9.10. The van der Waals surface area contributed by atoms with Crippen molar-refractivity contribution in [2.45, 2.75) is 12.5 Å². The van der Waals surface area contributed by atoms with E-state index in [1.54, 1.807) is 7.11 Å². The zero-order valence-corrected chi connectivity index (χ0v) is 13.4. The summed E-state index contributed by atoms with van der Waals surface area (Å²) < 4.78 is 6.40. The number of rotatable bonds is 5. The van der Waals surface area contributed by atoms with Gasteiger partial charge in [0.15, 0.2) is 0 Å². The predicted octanol–water partition coefficient (Wildman–Crippen LogP) is 3.86. The van der Waals surface area contributed by atoms with Gasteiger partial charge < -0.3 is 4.74 Å². The van der Waals surface area contributed by atoms with Crippen molar-refractivity contribution in [1.82, 2.24) is 5.43 Å². The molecule has 0 heterocycles. The van der Waals surface area contributed by atoms with E-state index in [1.807, 2.05) is 42.5 Å². The van der Waals surface area contributed by atoms with E-state index in [9.17, 15) is 0 Å². The van der Waals surface area contributed by atoms with E-state index in [0.29, 0.717) is 5.02 Å². The monoisotopic (exact) mass is 354 g/mol. The molecule has 2 aromatic carbocycles. The summed E-state index contributed by atoms with van der Waals surface area (Å²) >= 11 is 9.39. The summed E-state index contributed by atoms with van der Waals surface area (Å²) in [7, 11) is 1.67. The molecule has 0 aliphatic carbocycles. The molecule has 0 amide bonds. The predicted molar refractivity (Wildman–Crippen MR) is 85.9 cm³/mol. The minimum atomic E-state index is -0.00420. The maximum atomic E-state index is 5.91. The zero-order chi connectivity index (χ0) is 14.5. The molecule has 20 heavy (non-hydrogen) atoms. The molecular formula is C15H16BrClN2O. The van der Waals surface area contributed by atoms with E-state index in [0.717, 1.165) is 27.8 Å². The molecule has 0 saturated carbocycles. The van der Waals surface area contributed by atoms with Gasteiger partial charge in [0.2, 0.25) is 0 Å². The number of hydrogen-bond acceptors (Lipinski definition) is 3. The Labute approximate surface area is 132 Å². The van der Waals surface area contributed by atoms with Crippen molar-refractivity contribution >= 4 is 27.5 Å². The Hall–Kier alpha value is -1.07. The van der Waals surface area contributed by atoms with Crippen molar-refractivity contribution in [3.8, 4) is 5.75 Å². The smallest absolute Gasteiger partial charge is 0.122 e. The van der Waals surface area contributed by atoms with Crippen molar-refractivity contribution < 1.29 is 4.74 Å². The topological polar surface area (TPSA) is 47.3 Å². The highest BCUT2D eigenvalue weighted by Gasteiger charge is 2.14. The largest absolute Gasteiger partial charge is 0.496 e. The molecule has 0 fully saturated rings. The van der Waals surface area contributed by atoms with Crippen molar-refractivity contribution in [2.24, 2.45) is 5.84 Å². The molecule has 1 atom stereocenters. The average Bonchev–Trinajstić information content (AvgIpc) is 2.46. The average molecular weight is 356 g/mol. The standard InChI is InChI=1S/C15H16BrClN2O/c1-20-15-7-4-12(16)8-11(15)9-14(19-18)10-2-5-13(17)6-3-10/h2-8,14,19H,9,18H2,1H3. The molecule has 0 aliphatic heterocycles. The fraction of sp³-hybridized carbons (Fsp3) is 0.200. The molecule has 0 spiro atoms. The van der Waals surface area contributed by atoms with E-state index in [-0.39, 0.29) is 6.04 Å². The highest BCUT2D eigenvalue weighted by Crippen LogP contribution is 2.28. The number of ether oxygens (including phenoxy) is 1. The molecule has 0 aliphatic rings. The van der Waals surface area contributed by atoms with E-state index < -0.39 is 0 Å². The molecule has 0 bridgehead atoms. The second-order valence-electron chi connectivity index (χ2n) is 4.43. The Bertz CT molecular complexity index is 575. The number of hydrazine groups is 1. The summed E-state index contributed by atoms with van der Waals surface area (Å²) in [4.78, 5) is 0. The third kappa shape index (κ3) is 3.73. The Kier molecular flexibility index (Phi) is 5.43. The number of nitrogens with two attached hydrogens (primary N) is 1. The van der Waals surface area contributed by atoms with Gasteiger partial charge in [-0.2, -0.15) is 0 Å². The van der Waals surface area contributed by atoms with Gasteiger partial charge in [-0.25, -0.2) is 0 Å². The number of hydrogen-bond donors (Lipinski definition) is 2. The van der Waals surface area contributed by atoms with Gasteiger partial charge >= 0.3 is 0 Å². The van der Waals surface area contributed by atoms with E-state index in [1.165, 1.54) is 0 Å². The van der Waals surface area contributed by atoms with Crippen molar-refractivity contribution in [2.75, 3.05) is 7.11 Å². The minimum absolute atomic E-state index is 0.00420. The van der Waals surface area contributed by atoms with Gasteiger partial charge in [-0.05, 0) is 47.9 Å². The summed E-state index contributed by atoms with van der Waals surface area (Å²) in [5.41, 5.74) is 5.01. The van der Waals surface area contributed by atoms with Crippen LogP contribution >= 0.6 is 27.5 Å². The van der Waals surface area contributed by atoms with Gasteiger partial charge in [0.05, 0.1) is 13.2 Å². The van der Waals surface area contributed by atoms with Gasteiger partial charge in [0.1, 0.15) is 5.75 Å². The van der Waals surface area contributed by atoms with Crippen LogP contribution in [0, 0.1) is 0 Å². The number of halogens is 2. The SMILES string of the molecule is COc1ccc(Br)cc1CC(NN)c1ccc(Cl)cc1. The van der Waals surface area contributed by atoms with Crippen LogP contribution in [0.5, 0.6) is 5.75 Å². The molecule has 3 nitrogen and oxygen atoms in total. The first-order valence-electron chi connectivity index (χ1n) is 6.18. The summed E-state index contributed by atoms with van der Waals surface area (Å²) in [5.74, 6) is 6.53. The molecule has 0 saturated heterocycles. The summed E-state index contributed by atoms with van der Waals surface area (Å²) in [6.45, 7) is 0. The fourth-order valence-corrected chi connectivity index (χ4v) is 2.63. The molecular weight excluding hydrogens is 340 g/mol. The van der Waals surface area contributed by atoms with Crippen molar-refractivity contribution in [3.05, 3.63) is 63.1 Å². The van der Waals surface area contributed by atoms with Crippen LogP contribution in [0.2, 0.25) is 5.02 Å². The number of methoxy groups -OCH3 is 1. The molecule has 0 aromatic heterocycles. The lowest BCUT2D eigenvalue weighted by Crippen LogP contribution is -2.29. The first kappa shape index (κ1) is 15.3. The van der Waals surface area contributed by atoms with Crippen LogP contribution < -0.4 is 16.0 Å². The Morgan fingerprint density at radius 2 is 1.95 bits per heavy atom. The quantitative estimate of drug-likeness (QED) is 0.632. The Morgan fingerprint density at radius 1 is 1.25 bits per heavy atom. The summed E-state index contributed by atoms with van der Waals surface area (Å²) in [6.07, 6.45) is 0.723. The van der Waals surface area contributed by atoms with E-state index in [2.05, 4.69) is 21.4 Å². The molecule has 2 rings (SSSR count). The molecule has 3 N–H and O–H groups in total. The summed E-state index contributed by atoms with van der Waals surface area (Å²) in [6, 6.07) is 13.6. The lowest BCUT2D eigenvalue weighted by Gasteiger charge is -2.18. The first-order chi connectivity index (χ1) is 9.63. The van der Waals surface area contributed by atoms with Gasteiger partial charge in [0, 0.05) is 9.50 Å². The van der Waals surface area contributed by atoms with Crippen LogP contribution in [0.15, 0.2) is 46.9 Å². The Morgan fingerprint density at radius 3 is 2.55 bits per heavy atom. The minimum Gasteiger partial charge on any atom is -0.496 e. The Balaban J connectivity index is 2.26. The van der Waals surface area contributed by atoms with Crippen molar-refractivity contribution in [1.29, 1.82) is 0 Å². The van der Waals surface area contributed by atoms with Crippen LogP contribution in [0.3, 0.4) is 0 Å². The van der Waals surface area contributed by atoms with E-state index in [4.69, 9.17) is 22.2 Å². The van der Waals surface area contributed by atoms with Crippen LogP contribution in [0.4, 0.5) is 0 Å². The second-order valence-corrected chi connectivity index (χ2v) is 5.78. The number of benzene rings is 2. The molecule has 0 radical (unpaired) electrons. The number of nitrogens with one attached hydrogen (secondary N) is 1. The molecule has 106 valence electrons. The van der Waals surface area contributed by atoms with Gasteiger partial charge in [-0.1, -0.05) is 39.7 Å². The molecule has 1 unspecified atom stereocenters. The normalized spacial score (nSPS) is 12.2. The third-order valence-electron chi connectivity index (χ3n) is 3.14. The third-order valence-corrected chi connectivity index (χ3v) is 3.89. The highest BCUT2D eigenvalue weighted by atomic mass is 79.9. The van der Waals surface area contributed by atoms with Crippen LogP contribution in [-0.2, 0) is 6.42 Å². The summed E-state index contributed by atoms with van der Waals surface area (Å²) in [5, 5.41) is 0.713. The zero-order valence-electron chi connectivity index (χ0n) is 11.1. The first-order valence-corrected chi connectivity index (χ1v) is 7.35. The van der Waals surface area contributed by atoms with Crippen LogP contribution in [0.25, 0.3) is 0 Å². The van der Waals surface area contributed by atoms with Crippen LogP contribution in [-0.4, -0.2) is 7.11 Å². The van der Waals surface area contributed by atoms with Gasteiger partial charge in [-0.15, -0.1) is 0 Å². The molecule has 5 heteroatoms. The van der Waals surface area contributed by atoms with Crippen LogP contribution in [0.1, 0.15) is 17.2 Å². The molecule has 2 aromatic rings. The van der Waals surface area contributed by atoms with Gasteiger partial charge in [0.25, 0.3) is 0 Å². The lowest BCUT2D eigenvalue weighted by molar-refractivity contribution is 0.405. The maximum absolute atomic E-state index is 5.91. The van der Waals surface area contributed by atoms with E-state index >= 15 is 0 Å². The van der Waals surface area contributed by atoms with Gasteiger partial charge in [-0.3, -0.25) is 11.3 Å². The van der Waals surface area contributed by atoms with Crippen molar-refractivity contribution in [3.63, 3.8) is 0 Å². The second kappa shape index (κ2) is 7.09. The fourth-order valence-electron chi connectivity index (χ4n) is 2.09. The maximum Gasteiger partial charge on any atom is 0.122 e. The lowest BCUT2D eigenvalue weighted by atomic mass is 9.99.